The number of hydrogen-bond donors (Lipinski definition) is 2. The summed E-state index contributed by atoms with van der Waals surface area (Å²) in [5.74, 6) is -0.976. The second-order valence-corrected chi connectivity index (χ2v) is 6.88. The number of aliphatic carboxylic acids is 1. The van der Waals surface area contributed by atoms with Crippen molar-refractivity contribution in [3.63, 3.8) is 0 Å². The Morgan fingerprint density at radius 2 is 2.19 bits per heavy atom. The van der Waals surface area contributed by atoms with Crippen LogP contribution in [0.15, 0.2) is 24.3 Å². The van der Waals surface area contributed by atoms with Crippen molar-refractivity contribution in [2.45, 2.75) is 19.4 Å². The van der Waals surface area contributed by atoms with Gasteiger partial charge in [0.15, 0.2) is 0 Å². The summed E-state index contributed by atoms with van der Waals surface area (Å²) >= 11 is 0. The Morgan fingerprint density at radius 1 is 1.52 bits per heavy atom. The molecular weight excluding hydrogens is 295 g/mol. The summed E-state index contributed by atoms with van der Waals surface area (Å²) < 4.78 is 22.9. The molecule has 1 unspecified atom stereocenters. The Hall–Kier alpha value is -1.87. The molecule has 0 aliphatic heterocycles. The number of rotatable bonds is 7. The molecule has 0 saturated carbocycles. The van der Waals surface area contributed by atoms with Crippen molar-refractivity contribution < 1.29 is 23.7 Å². The van der Waals surface area contributed by atoms with Gasteiger partial charge in [-0.2, -0.15) is 5.26 Å². The molecule has 1 rings (SSSR count). The van der Waals surface area contributed by atoms with E-state index < -0.39 is 19.0 Å². The average Bonchev–Trinajstić information content (AvgIpc) is 2.37. The molecule has 1 aromatic carbocycles. The lowest BCUT2D eigenvalue weighted by Gasteiger charge is -2.28. The molecule has 8 heteroatoms. The average molecular weight is 312 g/mol. The highest BCUT2D eigenvalue weighted by atomic mass is 31.2. The number of carboxylic acid groups (broad SMARTS) is 1. The molecule has 0 fully saturated rings. The molecule has 114 valence electrons. The largest absolute Gasteiger partial charge is 0.480 e. The molecule has 0 spiro atoms. The summed E-state index contributed by atoms with van der Waals surface area (Å²) in [5, 5.41) is 20.4. The van der Waals surface area contributed by atoms with E-state index in [4.69, 9.17) is 19.6 Å². The van der Waals surface area contributed by atoms with Crippen LogP contribution < -0.4 is 9.61 Å². The minimum Gasteiger partial charge on any atom is -0.480 e. The maximum absolute atomic E-state index is 12.7. The molecule has 0 amide bonds. The molecule has 0 heterocycles. The van der Waals surface area contributed by atoms with Crippen LogP contribution in [0.1, 0.15) is 19.4 Å². The van der Waals surface area contributed by atoms with Crippen molar-refractivity contribution in [3.8, 4) is 11.8 Å². The second kappa shape index (κ2) is 6.72. The van der Waals surface area contributed by atoms with Gasteiger partial charge in [-0.05, 0) is 32.0 Å². The van der Waals surface area contributed by atoms with Crippen molar-refractivity contribution in [2.75, 3.05) is 13.5 Å². The summed E-state index contributed by atoms with van der Waals surface area (Å²) in [4.78, 5) is 11.1. The van der Waals surface area contributed by atoms with Crippen LogP contribution in [0.3, 0.4) is 0 Å². The number of nitriles is 1. The van der Waals surface area contributed by atoms with Crippen LogP contribution >= 0.6 is 7.52 Å². The van der Waals surface area contributed by atoms with Crippen LogP contribution in [0, 0.1) is 11.3 Å². The first kappa shape index (κ1) is 17.2. The fraction of sp³-hybridized carbons (Fsp3) is 0.385. The molecular formula is C13H17N2O5P. The normalized spacial score (nSPS) is 14.0. The van der Waals surface area contributed by atoms with Gasteiger partial charge in [0, 0.05) is 7.11 Å². The SMILES string of the molecule is COCP(=O)(NC(C)(C)C(=O)O)Oc1cccc(C#N)c1. The molecule has 1 aromatic rings. The highest BCUT2D eigenvalue weighted by Gasteiger charge is 2.37. The van der Waals surface area contributed by atoms with Gasteiger partial charge < -0.3 is 14.4 Å². The molecule has 0 radical (unpaired) electrons. The van der Waals surface area contributed by atoms with E-state index in [-0.39, 0.29) is 12.1 Å². The van der Waals surface area contributed by atoms with Gasteiger partial charge in [-0.15, -0.1) is 0 Å². The molecule has 2 N–H and O–H groups in total. The first-order valence-electron chi connectivity index (χ1n) is 6.03. The summed E-state index contributed by atoms with van der Waals surface area (Å²) in [6, 6.07) is 8.03. The van der Waals surface area contributed by atoms with Crippen molar-refractivity contribution in [1.82, 2.24) is 5.09 Å². The third-order valence-electron chi connectivity index (χ3n) is 2.50. The van der Waals surface area contributed by atoms with Gasteiger partial charge in [0.2, 0.25) is 0 Å². The fourth-order valence-electron chi connectivity index (χ4n) is 1.52. The molecule has 0 aromatic heterocycles. The third kappa shape index (κ3) is 4.87. The van der Waals surface area contributed by atoms with E-state index in [9.17, 15) is 9.36 Å². The maximum Gasteiger partial charge on any atom is 0.342 e. The molecule has 1 atom stereocenters. The summed E-state index contributed by atoms with van der Waals surface area (Å²) in [5.41, 5.74) is -1.12. The Morgan fingerprint density at radius 3 is 2.71 bits per heavy atom. The van der Waals surface area contributed by atoms with Gasteiger partial charge in [0.1, 0.15) is 17.6 Å². The van der Waals surface area contributed by atoms with Crippen LogP contribution in [0.5, 0.6) is 5.75 Å². The zero-order valence-corrected chi connectivity index (χ0v) is 12.9. The van der Waals surface area contributed by atoms with E-state index in [1.165, 1.54) is 33.1 Å². The highest BCUT2D eigenvalue weighted by molar-refractivity contribution is 7.57. The quantitative estimate of drug-likeness (QED) is 0.743. The van der Waals surface area contributed by atoms with E-state index >= 15 is 0 Å². The molecule has 0 aliphatic rings. The molecule has 0 aliphatic carbocycles. The Labute approximate surface area is 123 Å². The Bertz CT molecular complexity index is 609. The molecule has 0 bridgehead atoms. The van der Waals surface area contributed by atoms with Crippen molar-refractivity contribution in [3.05, 3.63) is 29.8 Å². The van der Waals surface area contributed by atoms with E-state index in [0.717, 1.165) is 0 Å². The van der Waals surface area contributed by atoms with E-state index in [0.29, 0.717) is 5.56 Å². The smallest absolute Gasteiger partial charge is 0.342 e. The topological polar surface area (TPSA) is 109 Å². The predicted molar refractivity (Wildman–Crippen MR) is 76.1 cm³/mol. The van der Waals surface area contributed by atoms with Gasteiger partial charge in [-0.1, -0.05) is 6.07 Å². The van der Waals surface area contributed by atoms with Crippen LogP contribution in [0.2, 0.25) is 0 Å². The number of benzene rings is 1. The molecule has 21 heavy (non-hydrogen) atoms. The van der Waals surface area contributed by atoms with Gasteiger partial charge in [-0.25, -0.2) is 5.09 Å². The van der Waals surface area contributed by atoms with Crippen LogP contribution in [-0.4, -0.2) is 30.1 Å². The Balaban J connectivity index is 3.03. The van der Waals surface area contributed by atoms with Gasteiger partial charge in [0.05, 0.1) is 11.6 Å². The van der Waals surface area contributed by atoms with Crippen LogP contribution in [-0.2, 0) is 14.1 Å². The number of carbonyl (C=O) groups is 1. The van der Waals surface area contributed by atoms with Gasteiger partial charge in [0.25, 0.3) is 0 Å². The first-order chi connectivity index (χ1) is 9.72. The van der Waals surface area contributed by atoms with Gasteiger partial charge in [-0.3, -0.25) is 9.36 Å². The number of hydrogen-bond acceptors (Lipinski definition) is 5. The summed E-state index contributed by atoms with van der Waals surface area (Å²) in [7, 11) is -2.28. The lowest BCUT2D eigenvalue weighted by atomic mass is 10.1. The second-order valence-electron chi connectivity index (χ2n) is 4.86. The zero-order valence-electron chi connectivity index (χ0n) is 12.0. The van der Waals surface area contributed by atoms with Crippen molar-refractivity contribution >= 4 is 13.5 Å². The number of ether oxygens (including phenoxy) is 1. The first-order valence-corrected chi connectivity index (χ1v) is 7.84. The number of nitrogens with one attached hydrogen (secondary N) is 1. The number of nitrogens with zero attached hydrogens (tertiary/aromatic N) is 1. The van der Waals surface area contributed by atoms with Crippen LogP contribution in [0.25, 0.3) is 0 Å². The fourth-order valence-corrected chi connectivity index (χ4v) is 3.42. The van der Waals surface area contributed by atoms with Crippen LogP contribution in [0.4, 0.5) is 0 Å². The van der Waals surface area contributed by atoms with E-state index in [1.807, 2.05) is 6.07 Å². The van der Waals surface area contributed by atoms with Gasteiger partial charge >= 0.3 is 13.5 Å². The summed E-state index contributed by atoms with van der Waals surface area (Å²) in [6.07, 6.45) is -0.305. The van der Waals surface area contributed by atoms with E-state index in [2.05, 4.69) is 5.09 Å². The van der Waals surface area contributed by atoms with Crippen molar-refractivity contribution in [2.24, 2.45) is 0 Å². The summed E-state index contributed by atoms with van der Waals surface area (Å²) in [6.45, 7) is 2.74. The third-order valence-corrected chi connectivity index (χ3v) is 4.50. The zero-order chi connectivity index (χ0) is 16.1. The standard InChI is InChI=1S/C13H17N2O5P/c1-13(2,12(16)17)15-21(18,9-19-3)20-11-6-4-5-10(7-11)8-14/h4-7H,9H2,1-3H3,(H,15,18)(H,16,17). The monoisotopic (exact) mass is 312 g/mol. The lowest BCUT2D eigenvalue weighted by Crippen LogP contribution is -2.46. The molecule has 0 saturated heterocycles. The highest BCUT2D eigenvalue weighted by Crippen LogP contribution is 2.45. The maximum atomic E-state index is 12.7. The minimum atomic E-state index is -3.61. The lowest BCUT2D eigenvalue weighted by molar-refractivity contribution is -0.142. The number of carboxylic acids is 1. The van der Waals surface area contributed by atoms with E-state index in [1.54, 1.807) is 12.1 Å². The number of methoxy groups -OCH3 is 1. The molecule has 7 nitrogen and oxygen atoms in total. The Kier molecular flexibility index (Phi) is 5.50. The van der Waals surface area contributed by atoms with Crippen molar-refractivity contribution in [1.29, 1.82) is 5.26 Å². The minimum absolute atomic E-state index is 0.197. The predicted octanol–water partition coefficient (Wildman–Crippen LogP) is 2.19.